The molecule has 0 atom stereocenters. The Morgan fingerprint density at radius 1 is 1.62 bits per heavy atom. The van der Waals surface area contributed by atoms with Crippen LogP contribution in [0.4, 0.5) is 4.79 Å². The summed E-state index contributed by atoms with van der Waals surface area (Å²) in [6, 6.07) is 0. The van der Waals surface area contributed by atoms with Crippen LogP contribution in [-0.4, -0.2) is 32.3 Å². The standard InChI is InChI=1S/C8H9N5O3/c1-2-12(8(15)16)13-4-11-5-6(13)9-3-10-7(5)14/h3-4H,2H2,1H3,(H,15,16)(H,9,10,14)/p-1. The van der Waals surface area contributed by atoms with Crippen LogP contribution in [0.25, 0.3) is 11.2 Å². The van der Waals surface area contributed by atoms with Crippen molar-refractivity contribution in [2.75, 3.05) is 11.6 Å². The minimum absolute atomic E-state index is 0.0854. The second-order valence-electron chi connectivity index (χ2n) is 2.97. The average molecular weight is 222 g/mol. The predicted octanol–water partition coefficient (Wildman–Crippen LogP) is -1.58. The summed E-state index contributed by atoms with van der Waals surface area (Å²) in [5.74, 6) is 0. The smallest absolute Gasteiger partial charge is 0.278 e. The van der Waals surface area contributed by atoms with E-state index in [1.165, 1.54) is 17.3 Å². The SMILES string of the molecule is CCN(C(=O)[O-])n1cnc2c(=O)[nH]cnc21. The zero-order valence-corrected chi connectivity index (χ0v) is 8.38. The lowest BCUT2D eigenvalue weighted by molar-refractivity contribution is -0.248. The Labute approximate surface area is 89.1 Å². The molecular weight excluding hydrogens is 214 g/mol. The zero-order valence-electron chi connectivity index (χ0n) is 8.38. The highest BCUT2D eigenvalue weighted by Crippen LogP contribution is 2.04. The Morgan fingerprint density at radius 2 is 2.38 bits per heavy atom. The number of H-pyrrole nitrogens is 1. The molecule has 0 saturated carbocycles. The van der Waals surface area contributed by atoms with Crippen LogP contribution in [0.15, 0.2) is 17.4 Å². The van der Waals surface area contributed by atoms with Crippen LogP contribution >= 0.6 is 0 Å². The van der Waals surface area contributed by atoms with Crippen LogP contribution in [0.5, 0.6) is 0 Å². The molecule has 2 aromatic heterocycles. The van der Waals surface area contributed by atoms with Crippen molar-refractivity contribution in [1.82, 2.24) is 19.6 Å². The van der Waals surface area contributed by atoms with E-state index < -0.39 is 11.7 Å². The van der Waals surface area contributed by atoms with Crippen molar-refractivity contribution >= 4 is 17.3 Å². The molecule has 84 valence electrons. The molecule has 0 bridgehead atoms. The van der Waals surface area contributed by atoms with Gasteiger partial charge in [-0.1, -0.05) is 0 Å². The number of aromatic amines is 1. The predicted molar refractivity (Wildman–Crippen MR) is 52.3 cm³/mol. The lowest BCUT2D eigenvalue weighted by Crippen LogP contribution is -2.47. The third-order valence-corrected chi connectivity index (χ3v) is 2.09. The maximum absolute atomic E-state index is 11.3. The number of amides is 1. The minimum atomic E-state index is -1.39. The third kappa shape index (κ3) is 1.40. The Kier molecular flexibility index (Phi) is 2.31. The third-order valence-electron chi connectivity index (χ3n) is 2.09. The minimum Gasteiger partial charge on any atom is -0.529 e. The van der Waals surface area contributed by atoms with Crippen LogP contribution in [0, 0.1) is 0 Å². The van der Waals surface area contributed by atoms with Gasteiger partial charge >= 0.3 is 0 Å². The van der Waals surface area contributed by atoms with Crippen LogP contribution in [0.1, 0.15) is 6.92 Å². The Bertz CT molecular complexity index is 587. The summed E-state index contributed by atoms with van der Waals surface area (Å²) < 4.78 is 1.17. The highest BCUT2D eigenvalue weighted by Gasteiger charge is 2.12. The second-order valence-corrected chi connectivity index (χ2v) is 2.97. The van der Waals surface area contributed by atoms with E-state index in [0.29, 0.717) is 0 Å². The van der Waals surface area contributed by atoms with Gasteiger partial charge in [-0.05, 0) is 6.92 Å². The van der Waals surface area contributed by atoms with Crippen molar-refractivity contribution in [2.45, 2.75) is 6.92 Å². The molecule has 0 saturated heterocycles. The molecule has 0 radical (unpaired) electrons. The zero-order chi connectivity index (χ0) is 11.7. The van der Waals surface area contributed by atoms with Gasteiger partial charge in [-0.25, -0.2) is 14.6 Å². The van der Waals surface area contributed by atoms with Gasteiger partial charge in [0.15, 0.2) is 17.3 Å². The number of carbonyl (C=O) groups is 1. The number of hydrogen-bond donors (Lipinski definition) is 1. The fourth-order valence-corrected chi connectivity index (χ4v) is 1.38. The molecule has 16 heavy (non-hydrogen) atoms. The Balaban J connectivity index is 2.66. The number of carboxylic acid groups (broad SMARTS) is 1. The molecule has 2 aromatic rings. The number of carbonyl (C=O) groups excluding carboxylic acids is 1. The first kappa shape index (κ1) is 10.1. The summed E-state index contributed by atoms with van der Waals surface area (Å²) in [6.45, 7) is 1.80. The highest BCUT2D eigenvalue weighted by atomic mass is 16.4. The van der Waals surface area contributed by atoms with E-state index in [0.717, 1.165) is 5.01 Å². The van der Waals surface area contributed by atoms with Crippen molar-refractivity contribution < 1.29 is 9.90 Å². The fourth-order valence-electron chi connectivity index (χ4n) is 1.38. The van der Waals surface area contributed by atoms with Crippen molar-refractivity contribution in [3.63, 3.8) is 0 Å². The van der Waals surface area contributed by atoms with Gasteiger partial charge in [0.1, 0.15) is 6.33 Å². The van der Waals surface area contributed by atoms with Crippen LogP contribution in [0.3, 0.4) is 0 Å². The van der Waals surface area contributed by atoms with E-state index in [1.807, 2.05) is 0 Å². The molecule has 0 spiro atoms. The van der Waals surface area contributed by atoms with Crippen LogP contribution in [0.2, 0.25) is 0 Å². The Morgan fingerprint density at radius 3 is 3.00 bits per heavy atom. The van der Waals surface area contributed by atoms with E-state index in [-0.39, 0.29) is 17.7 Å². The van der Waals surface area contributed by atoms with E-state index >= 15 is 0 Å². The highest BCUT2D eigenvalue weighted by molar-refractivity contribution is 5.78. The van der Waals surface area contributed by atoms with Crippen LogP contribution < -0.4 is 15.7 Å². The fraction of sp³-hybridized carbons (Fsp3) is 0.250. The molecule has 0 aromatic carbocycles. The van der Waals surface area contributed by atoms with Crippen molar-refractivity contribution in [2.24, 2.45) is 0 Å². The molecule has 8 nitrogen and oxygen atoms in total. The normalized spacial score (nSPS) is 10.6. The molecule has 2 rings (SSSR count). The number of aromatic nitrogens is 4. The van der Waals surface area contributed by atoms with Crippen LogP contribution in [-0.2, 0) is 0 Å². The topological polar surface area (TPSA) is 107 Å². The molecule has 0 aliphatic carbocycles. The number of imidazole rings is 1. The molecular formula is C8H8N5O3-. The monoisotopic (exact) mass is 222 g/mol. The average Bonchev–Trinajstić information content (AvgIpc) is 2.64. The molecule has 1 amide bonds. The molecule has 0 aliphatic heterocycles. The van der Waals surface area contributed by atoms with Crippen molar-refractivity contribution in [3.8, 4) is 0 Å². The van der Waals surface area contributed by atoms with E-state index in [1.54, 1.807) is 6.92 Å². The quantitative estimate of drug-likeness (QED) is 0.659. The number of hydrogen-bond acceptors (Lipinski definition) is 5. The van der Waals surface area contributed by atoms with Gasteiger partial charge in [-0.2, -0.15) is 0 Å². The first-order chi connectivity index (χ1) is 7.65. The lowest BCUT2D eigenvalue weighted by atomic mass is 10.5. The van der Waals surface area contributed by atoms with Gasteiger partial charge in [-0.3, -0.25) is 9.80 Å². The number of nitrogens with zero attached hydrogens (tertiary/aromatic N) is 4. The van der Waals surface area contributed by atoms with Gasteiger partial charge in [-0.15, -0.1) is 0 Å². The van der Waals surface area contributed by atoms with Gasteiger partial charge in [0.25, 0.3) is 5.56 Å². The number of fused-ring (bicyclic) bond motifs is 1. The molecule has 0 fully saturated rings. The second kappa shape index (κ2) is 3.65. The molecule has 0 unspecified atom stereocenters. The first-order valence-electron chi connectivity index (χ1n) is 4.54. The lowest BCUT2D eigenvalue weighted by Gasteiger charge is -2.23. The first-order valence-corrected chi connectivity index (χ1v) is 4.54. The molecule has 1 N–H and O–H groups in total. The van der Waals surface area contributed by atoms with E-state index in [2.05, 4.69) is 15.0 Å². The maximum Gasteiger partial charge on any atom is 0.278 e. The summed E-state index contributed by atoms with van der Waals surface area (Å²) >= 11 is 0. The molecule has 8 heteroatoms. The van der Waals surface area contributed by atoms with Gasteiger partial charge < -0.3 is 14.9 Å². The largest absolute Gasteiger partial charge is 0.529 e. The summed E-state index contributed by atoms with van der Waals surface area (Å²) in [5, 5.41) is 11.7. The molecule has 2 heterocycles. The van der Waals surface area contributed by atoms with E-state index in [4.69, 9.17) is 0 Å². The summed E-state index contributed by atoms with van der Waals surface area (Å²) in [4.78, 5) is 32.1. The summed E-state index contributed by atoms with van der Waals surface area (Å²) in [6.07, 6.45) is 1.02. The van der Waals surface area contributed by atoms with Crippen molar-refractivity contribution in [3.05, 3.63) is 23.0 Å². The van der Waals surface area contributed by atoms with Gasteiger partial charge in [0.05, 0.1) is 6.33 Å². The summed E-state index contributed by atoms with van der Waals surface area (Å²) in [5.41, 5.74) is -0.157. The van der Waals surface area contributed by atoms with Crippen molar-refractivity contribution in [1.29, 1.82) is 0 Å². The molecule has 0 aliphatic rings. The maximum atomic E-state index is 11.3. The number of rotatable bonds is 2. The summed E-state index contributed by atoms with van der Waals surface area (Å²) in [7, 11) is 0. The number of nitrogens with one attached hydrogen (secondary N) is 1. The van der Waals surface area contributed by atoms with Gasteiger partial charge in [0.2, 0.25) is 0 Å². The Hall–Kier alpha value is -2.38. The van der Waals surface area contributed by atoms with Gasteiger partial charge in [0, 0.05) is 6.54 Å². The van der Waals surface area contributed by atoms with E-state index in [9.17, 15) is 14.7 Å².